The van der Waals surface area contributed by atoms with Crippen LogP contribution in [0.4, 0.5) is 0 Å². The van der Waals surface area contributed by atoms with Gasteiger partial charge in [-0.1, -0.05) is 12.5 Å². The van der Waals surface area contributed by atoms with Crippen LogP contribution >= 0.6 is 0 Å². The van der Waals surface area contributed by atoms with E-state index >= 15 is 0 Å². The second-order valence-corrected chi connectivity index (χ2v) is 5.85. The standard InChI is InChI=1S/C15H17N3O4/c19-12(7-15(13(20)21)4-1-5-15)16-8-9-2-3-10-11(6-9)18-14(22)17-10/h2-3,6H,1,4-5,7-8H2,(H,16,19)(H,20,21)(H2,17,18,22). The van der Waals surface area contributed by atoms with Gasteiger partial charge in [-0.25, -0.2) is 4.79 Å². The quantitative estimate of drug-likeness (QED) is 0.662. The average molecular weight is 303 g/mol. The maximum absolute atomic E-state index is 12.0. The van der Waals surface area contributed by atoms with Gasteiger partial charge in [0.1, 0.15) is 0 Å². The maximum Gasteiger partial charge on any atom is 0.323 e. The van der Waals surface area contributed by atoms with E-state index in [1.807, 2.05) is 6.07 Å². The number of carboxylic acid groups (broad SMARTS) is 1. The molecule has 7 heteroatoms. The zero-order valence-corrected chi connectivity index (χ0v) is 11.9. The van der Waals surface area contributed by atoms with E-state index in [0.29, 0.717) is 30.4 Å². The van der Waals surface area contributed by atoms with Crippen molar-refractivity contribution in [3.8, 4) is 0 Å². The van der Waals surface area contributed by atoms with Gasteiger partial charge in [0.15, 0.2) is 0 Å². The summed E-state index contributed by atoms with van der Waals surface area (Å²) in [6, 6.07) is 5.35. The highest BCUT2D eigenvalue weighted by Gasteiger charge is 2.45. The van der Waals surface area contributed by atoms with Crippen LogP contribution in [-0.2, 0) is 16.1 Å². The lowest BCUT2D eigenvalue weighted by molar-refractivity contribution is -0.157. The molecule has 22 heavy (non-hydrogen) atoms. The van der Waals surface area contributed by atoms with E-state index in [4.69, 9.17) is 0 Å². The third kappa shape index (κ3) is 2.61. The Balaban J connectivity index is 1.62. The molecule has 3 rings (SSSR count). The molecule has 0 bridgehead atoms. The van der Waals surface area contributed by atoms with Crippen LogP contribution in [0.1, 0.15) is 31.2 Å². The van der Waals surface area contributed by atoms with Crippen molar-refractivity contribution in [2.24, 2.45) is 5.41 Å². The summed E-state index contributed by atoms with van der Waals surface area (Å²) in [7, 11) is 0. The van der Waals surface area contributed by atoms with Crippen LogP contribution in [0.3, 0.4) is 0 Å². The Bertz CT molecular complexity index is 785. The van der Waals surface area contributed by atoms with Crippen molar-refractivity contribution in [1.29, 1.82) is 0 Å². The lowest BCUT2D eigenvalue weighted by atomic mass is 9.66. The van der Waals surface area contributed by atoms with Crippen LogP contribution < -0.4 is 11.0 Å². The van der Waals surface area contributed by atoms with Crippen LogP contribution in [0, 0.1) is 5.41 Å². The van der Waals surface area contributed by atoms with Crippen molar-refractivity contribution in [2.45, 2.75) is 32.2 Å². The van der Waals surface area contributed by atoms with E-state index in [-0.39, 0.29) is 18.0 Å². The second kappa shape index (κ2) is 5.32. The molecule has 1 heterocycles. The van der Waals surface area contributed by atoms with Crippen molar-refractivity contribution >= 4 is 22.9 Å². The molecule has 0 unspecified atom stereocenters. The number of hydrogen-bond acceptors (Lipinski definition) is 3. The summed E-state index contributed by atoms with van der Waals surface area (Å²) in [6.07, 6.45) is 2.00. The van der Waals surface area contributed by atoms with Crippen LogP contribution in [0.2, 0.25) is 0 Å². The molecule has 1 aliphatic rings. The van der Waals surface area contributed by atoms with E-state index in [1.54, 1.807) is 12.1 Å². The number of benzene rings is 1. The molecule has 0 atom stereocenters. The number of amides is 1. The van der Waals surface area contributed by atoms with Gasteiger partial charge in [-0.05, 0) is 30.5 Å². The topological polar surface area (TPSA) is 115 Å². The smallest absolute Gasteiger partial charge is 0.323 e. The normalized spacial score (nSPS) is 16.2. The van der Waals surface area contributed by atoms with Gasteiger partial charge in [-0.15, -0.1) is 0 Å². The predicted octanol–water partition coefficient (Wildman–Crippen LogP) is 1.12. The Morgan fingerprint density at radius 1 is 1.23 bits per heavy atom. The summed E-state index contributed by atoms with van der Waals surface area (Å²) in [4.78, 5) is 39.7. The van der Waals surface area contributed by atoms with Gasteiger partial charge in [0.2, 0.25) is 5.91 Å². The monoisotopic (exact) mass is 303 g/mol. The second-order valence-electron chi connectivity index (χ2n) is 5.85. The first kappa shape index (κ1) is 14.4. The minimum atomic E-state index is -0.889. The minimum absolute atomic E-state index is 0.0194. The van der Waals surface area contributed by atoms with Gasteiger partial charge in [-0.2, -0.15) is 0 Å². The third-order valence-corrected chi connectivity index (χ3v) is 4.33. The first-order valence-electron chi connectivity index (χ1n) is 7.20. The fraction of sp³-hybridized carbons (Fsp3) is 0.400. The molecule has 0 saturated heterocycles. The Morgan fingerprint density at radius 2 is 1.95 bits per heavy atom. The first-order chi connectivity index (χ1) is 10.5. The highest BCUT2D eigenvalue weighted by atomic mass is 16.4. The highest BCUT2D eigenvalue weighted by Crippen LogP contribution is 2.44. The van der Waals surface area contributed by atoms with E-state index < -0.39 is 11.4 Å². The number of aromatic amines is 2. The van der Waals surface area contributed by atoms with E-state index in [1.165, 1.54) is 0 Å². The molecule has 4 N–H and O–H groups in total. The molecule has 0 spiro atoms. The first-order valence-corrected chi connectivity index (χ1v) is 7.20. The summed E-state index contributed by atoms with van der Waals surface area (Å²) in [5, 5.41) is 12.0. The van der Waals surface area contributed by atoms with Crippen molar-refractivity contribution in [1.82, 2.24) is 15.3 Å². The Hall–Kier alpha value is -2.57. The van der Waals surface area contributed by atoms with Crippen LogP contribution in [0.5, 0.6) is 0 Å². The van der Waals surface area contributed by atoms with Gasteiger partial charge >= 0.3 is 11.7 Å². The molecule has 1 aromatic carbocycles. The van der Waals surface area contributed by atoms with Crippen LogP contribution in [0.15, 0.2) is 23.0 Å². The molecule has 116 valence electrons. The average Bonchev–Trinajstić information content (AvgIpc) is 2.79. The number of carboxylic acids is 1. The van der Waals surface area contributed by atoms with Crippen molar-refractivity contribution in [2.75, 3.05) is 0 Å². The van der Waals surface area contributed by atoms with Crippen LogP contribution in [-0.4, -0.2) is 27.0 Å². The molecule has 7 nitrogen and oxygen atoms in total. The number of carbonyl (C=O) groups is 2. The van der Waals surface area contributed by atoms with Gasteiger partial charge in [0, 0.05) is 13.0 Å². The number of fused-ring (bicyclic) bond motifs is 1. The van der Waals surface area contributed by atoms with Gasteiger partial charge < -0.3 is 20.4 Å². The largest absolute Gasteiger partial charge is 0.481 e. The van der Waals surface area contributed by atoms with Gasteiger partial charge in [0.05, 0.1) is 16.4 Å². The molecule has 1 aliphatic carbocycles. The Morgan fingerprint density at radius 3 is 2.59 bits per heavy atom. The van der Waals surface area contributed by atoms with E-state index in [2.05, 4.69) is 15.3 Å². The van der Waals surface area contributed by atoms with E-state index in [0.717, 1.165) is 12.0 Å². The van der Waals surface area contributed by atoms with Crippen molar-refractivity contribution in [3.63, 3.8) is 0 Å². The fourth-order valence-corrected chi connectivity index (χ4v) is 2.83. The number of hydrogen-bond donors (Lipinski definition) is 4. The number of imidazole rings is 1. The molecule has 2 aromatic rings. The summed E-state index contributed by atoms with van der Waals surface area (Å²) >= 11 is 0. The summed E-state index contributed by atoms with van der Waals surface area (Å²) in [5.74, 6) is -1.15. The summed E-state index contributed by atoms with van der Waals surface area (Å²) in [5.41, 5.74) is 1.08. The zero-order valence-electron chi connectivity index (χ0n) is 11.9. The van der Waals surface area contributed by atoms with Gasteiger partial charge in [-0.3, -0.25) is 9.59 Å². The van der Waals surface area contributed by atoms with Crippen molar-refractivity contribution < 1.29 is 14.7 Å². The molecular formula is C15H17N3O4. The number of aliphatic carboxylic acids is 1. The SMILES string of the molecule is O=C(CC1(C(=O)O)CCC1)NCc1ccc2[nH]c(=O)[nH]c2c1. The number of H-pyrrole nitrogens is 2. The van der Waals surface area contributed by atoms with E-state index in [9.17, 15) is 19.5 Å². The lowest BCUT2D eigenvalue weighted by Gasteiger charge is -2.36. The maximum atomic E-state index is 12.0. The number of rotatable bonds is 5. The molecule has 0 aliphatic heterocycles. The highest BCUT2D eigenvalue weighted by molar-refractivity contribution is 5.85. The number of aromatic nitrogens is 2. The Kier molecular flexibility index (Phi) is 3.48. The molecule has 1 saturated carbocycles. The summed E-state index contributed by atoms with van der Waals surface area (Å²) in [6.45, 7) is 0.303. The van der Waals surface area contributed by atoms with Crippen LogP contribution in [0.25, 0.3) is 11.0 Å². The molecule has 1 amide bonds. The molecule has 0 radical (unpaired) electrons. The zero-order chi connectivity index (χ0) is 15.7. The molecule has 1 fully saturated rings. The molecular weight excluding hydrogens is 286 g/mol. The summed E-state index contributed by atoms with van der Waals surface area (Å²) < 4.78 is 0. The van der Waals surface area contributed by atoms with Gasteiger partial charge in [0.25, 0.3) is 0 Å². The Labute approximate surface area is 125 Å². The van der Waals surface area contributed by atoms with Crippen molar-refractivity contribution in [3.05, 3.63) is 34.2 Å². The predicted molar refractivity (Wildman–Crippen MR) is 79.3 cm³/mol. The molecule has 1 aromatic heterocycles. The number of carbonyl (C=O) groups excluding carboxylic acids is 1. The minimum Gasteiger partial charge on any atom is -0.481 e. The third-order valence-electron chi connectivity index (χ3n) is 4.33. The lowest BCUT2D eigenvalue weighted by Crippen LogP contribution is -2.42. The fourth-order valence-electron chi connectivity index (χ4n) is 2.83. The number of nitrogens with one attached hydrogen (secondary N) is 3.